The predicted molar refractivity (Wildman–Crippen MR) is 143 cm³/mol. The van der Waals surface area contributed by atoms with Gasteiger partial charge in [0.1, 0.15) is 17.6 Å². The molecule has 3 heterocycles. The molecule has 0 radical (unpaired) electrons. The molecule has 2 aromatic carbocycles. The number of pyridine rings is 1. The molecule has 12 heteroatoms. The van der Waals surface area contributed by atoms with Gasteiger partial charge in [0, 0.05) is 34.7 Å². The van der Waals surface area contributed by atoms with Crippen molar-refractivity contribution >= 4 is 43.8 Å². The van der Waals surface area contributed by atoms with Crippen LogP contribution in [-0.2, 0) is 15.6 Å². The van der Waals surface area contributed by atoms with Crippen LogP contribution in [-0.4, -0.2) is 41.8 Å². The Morgan fingerprint density at radius 2 is 1.97 bits per heavy atom. The first-order valence-electron chi connectivity index (χ1n) is 12.0. The first kappa shape index (κ1) is 25.6. The molecule has 1 unspecified atom stereocenters. The Balaban J connectivity index is 1.50. The normalized spacial score (nSPS) is 15.0. The van der Waals surface area contributed by atoms with Crippen LogP contribution in [0.2, 0.25) is 0 Å². The maximum absolute atomic E-state index is 15.4. The Morgan fingerprint density at radius 3 is 2.71 bits per heavy atom. The second kappa shape index (κ2) is 9.67. The lowest BCUT2D eigenvalue weighted by atomic mass is 9.98. The van der Waals surface area contributed by atoms with Crippen LogP contribution < -0.4 is 21.1 Å². The Kier molecular flexibility index (Phi) is 6.51. The standard InChI is InChI=1S/C26H26F2N6O3S/c1-4-38(35,36)12-15-5-6-20(19(27)7-15)33-26-32-11-18-21(34-26)8-16(22(28)23(18)29)17-10-31-25-24(14(17)3)30-9-13(2)37-25/h5-8,10-11,13,30H,4,9,12,29H2,1-3H3,(H,32,33,34). The molecule has 2 aromatic heterocycles. The van der Waals surface area contributed by atoms with Crippen LogP contribution in [0.15, 0.2) is 36.7 Å². The predicted octanol–water partition coefficient (Wildman–Crippen LogP) is 4.73. The molecular formula is C26H26F2N6O3S. The van der Waals surface area contributed by atoms with Crippen LogP contribution in [0.3, 0.4) is 0 Å². The minimum absolute atomic E-state index is 0.0319. The molecule has 4 aromatic rings. The summed E-state index contributed by atoms with van der Waals surface area (Å²) in [6.07, 6.45) is 2.86. The average Bonchev–Trinajstić information content (AvgIpc) is 2.88. The highest BCUT2D eigenvalue weighted by Crippen LogP contribution is 2.39. The average molecular weight is 541 g/mol. The number of anilines is 4. The lowest BCUT2D eigenvalue weighted by Crippen LogP contribution is -2.28. The minimum atomic E-state index is -3.30. The summed E-state index contributed by atoms with van der Waals surface area (Å²) in [7, 11) is -3.30. The molecule has 198 valence electrons. The lowest BCUT2D eigenvalue weighted by molar-refractivity contribution is 0.216. The summed E-state index contributed by atoms with van der Waals surface area (Å²) in [6, 6.07) is 5.65. The van der Waals surface area contributed by atoms with E-state index >= 15 is 4.39 Å². The van der Waals surface area contributed by atoms with Crippen molar-refractivity contribution in [3.05, 3.63) is 59.4 Å². The van der Waals surface area contributed by atoms with Crippen molar-refractivity contribution < 1.29 is 21.9 Å². The van der Waals surface area contributed by atoms with Crippen molar-refractivity contribution in [2.75, 3.05) is 28.7 Å². The van der Waals surface area contributed by atoms with Crippen LogP contribution in [0.25, 0.3) is 22.0 Å². The third kappa shape index (κ3) is 4.78. The molecule has 1 aliphatic rings. The third-order valence-corrected chi connectivity index (χ3v) is 8.09. The number of benzene rings is 2. The molecule has 0 fully saturated rings. The fraction of sp³-hybridized carbons (Fsp3) is 0.269. The number of fused-ring (bicyclic) bond motifs is 2. The largest absolute Gasteiger partial charge is 0.471 e. The maximum Gasteiger partial charge on any atom is 0.238 e. The van der Waals surface area contributed by atoms with Gasteiger partial charge in [0.25, 0.3) is 0 Å². The number of hydrogen-bond donors (Lipinski definition) is 3. The van der Waals surface area contributed by atoms with Gasteiger partial charge >= 0.3 is 0 Å². The van der Waals surface area contributed by atoms with Crippen LogP contribution >= 0.6 is 0 Å². The van der Waals surface area contributed by atoms with Gasteiger partial charge in [-0.05, 0) is 43.2 Å². The SMILES string of the molecule is CCS(=O)(=O)Cc1ccc(Nc2ncc3c(N)c(F)c(-c4cnc5c(c4C)NCC(C)O5)cc3n2)c(F)c1. The molecule has 1 atom stereocenters. The smallest absolute Gasteiger partial charge is 0.238 e. The molecule has 0 saturated carbocycles. The summed E-state index contributed by atoms with van der Waals surface area (Å²) in [5, 5.41) is 6.38. The number of nitrogens with two attached hydrogens (primary N) is 1. The molecule has 38 heavy (non-hydrogen) atoms. The zero-order chi connectivity index (χ0) is 27.2. The monoisotopic (exact) mass is 540 g/mol. The highest BCUT2D eigenvalue weighted by Gasteiger charge is 2.23. The van der Waals surface area contributed by atoms with Crippen molar-refractivity contribution in [1.29, 1.82) is 0 Å². The molecule has 0 aliphatic carbocycles. The Bertz CT molecular complexity index is 1680. The zero-order valence-electron chi connectivity index (χ0n) is 21.0. The van der Waals surface area contributed by atoms with E-state index in [-0.39, 0.29) is 40.5 Å². The molecule has 4 N–H and O–H groups in total. The first-order chi connectivity index (χ1) is 18.1. The van der Waals surface area contributed by atoms with Gasteiger partial charge in [0.05, 0.1) is 29.2 Å². The topological polar surface area (TPSA) is 132 Å². The molecule has 9 nitrogen and oxygen atoms in total. The van der Waals surface area contributed by atoms with E-state index in [0.717, 1.165) is 11.6 Å². The Hall–Kier alpha value is -4.06. The van der Waals surface area contributed by atoms with Crippen LogP contribution in [0.4, 0.5) is 31.8 Å². The van der Waals surface area contributed by atoms with Crippen molar-refractivity contribution in [2.45, 2.75) is 32.6 Å². The van der Waals surface area contributed by atoms with Crippen molar-refractivity contribution in [3.8, 4) is 17.0 Å². The number of sulfone groups is 1. The number of nitrogens with zero attached hydrogens (tertiary/aromatic N) is 3. The number of ether oxygens (including phenoxy) is 1. The molecule has 1 aliphatic heterocycles. The minimum Gasteiger partial charge on any atom is -0.471 e. The fourth-order valence-electron chi connectivity index (χ4n) is 4.29. The van der Waals surface area contributed by atoms with Crippen molar-refractivity contribution in [3.63, 3.8) is 0 Å². The third-order valence-electron chi connectivity index (χ3n) is 6.44. The summed E-state index contributed by atoms with van der Waals surface area (Å²) in [5.74, 6) is -1.05. The van der Waals surface area contributed by atoms with E-state index in [1.54, 1.807) is 6.07 Å². The van der Waals surface area contributed by atoms with Gasteiger partial charge in [-0.1, -0.05) is 13.0 Å². The fourth-order valence-corrected chi connectivity index (χ4v) is 5.18. The molecule has 5 rings (SSSR count). The molecular weight excluding hydrogens is 514 g/mol. The number of hydrogen-bond acceptors (Lipinski definition) is 9. The maximum atomic E-state index is 15.4. The van der Waals surface area contributed by atoms with Gasteiger partial charge in [0.2, 0.25) is 11.8 Å². The summed E-state index contributed by atoms with van der Waals surface area (Å²) in [6.45, 7) is 5.90. The van der Waals surface area contributed by atoms with Crippen molar-refractivity contribution in [2.24, 2.45) is 0 Å². The van der Waals surface area contributed by atoms with Gasteiger partial charge < -0.3 is 21.1 Å². The zero-order valence-corrected chi connectivity index (χ0v) is 21.8. The summed E-state index contributed by atoms with van der Waals surface area (Å²) in [5.41, 5.74) is 8.92. The lowest BCUT2D eigenvalue weighted by Gasteiger charge is -2.26. The van der Waals surface area contributed by atoms with Gasteiger partial charge in [-0.15, -0.1) is 0 Å². The quantitative estimate of drug-likeness (QED) is 0.297. The van der Waals surface area contributed by atoms with E-state index in [0.29, 0.717) is 40.1 Å². The van der Waals surface area contributed by atoms with Gasteiger partial charge in [-0.3, -0.25) is 0 Å². The molecule has 0 saturated heterocycles. The first-order valence-corrected chi connectivity index (χ1v) is 13.8. The van der Waals surface area contributed by atoms with Crippen LogP contribution in [0.5, 0.6) is 5.88 Å². The highest BCUT2D eigenvalue weighted by atomic mass is 32.2. The second-order valence-electron chi connectivity index (χ2n) is 9.18. The number of nitrogen functional groups attached to an aromatic ring is 1. The van der Waals surface area contributed by atoms with Gasteiger partial charge in [0.15, 0.2) is 15.7 Å². The molecule has 0 amide bonds. The van der Waals surface area contributed by atoms with Crippen molar-refractivity contribution in [1.82, 2.24) is 15.0 Å². The number of halogens is 2. The second-order valence-corrected chi connectivity index (χ2v) is 11.5. The van der Waals surface area contributed by atoms with E-state index in [2.05, 4.69) is 25.6 Å². The van der Waals surface area contributed by atoms with E-state index in [1.165, 1.54) is 31.5 Å². The summed E-state index contributed by atoms with van der Waals surface area (Å²) in [4.78, 5) is 12.9. The van der Waals surface area contributed by atoms with Gasteiger partial charge in [-0.2, -0.15) is 0 Å². The summed E-state index contributed by atoms with van der Waals surface area (Å²) >= 11 is 0. The Morgan fingerprint density at radius 1 is 1.18 bits per heavy atom. The molecule has 0 spiro atoms. The Labute approximate surface area is 218 Å². The molecule has 0 bridgehead atoms. The van der Waals surface area contributed by atoms with Crippen LogP contribution in [0.1, 0.15) is 25.0 Å². The number of aromatic nitrogens is 3. The van der Waals surface area contributed by atoms with E-state index in [4.69, 9.17) is 10.5 Å². The summed E-state index contributed by atoms with van der Waals surface area (Å²) < 4.78 is 59.6. The highest BCUT2D eigenvalue weighted by molar-refractivity contribution is 7.90. The van der Waals surface area contributed by atoms with E-state index in [9.17, 15) is 12.8 Å². The van der Waals surface area contributed by atoms with Gasteiger partial charge in [-0.25, -0.2) is 32.2 Å². The van der Waals surface area contributed by atoms with E-state index < -0.39 is 21.5 Å². The van der Waals surface area contributed by atoms with E-state index in [1.807, 2.05) is 13.8 Å². The number of nitrogens with one attached hydrogen (secondary N) is 2. The van der Waals surface area contributed by atoms with Crippen LogP contribution in [0, 0.1) is 18.6 Å². The number of rotatable bonds is 6.